The summed E-state index contributed by atoms with van der Waals surface area (Å²) in [5.41, 5.74) is 1.91. The van der Waals surface area contributed by atoms with E-state index in [0.29, 0.717) is 12.3 Å². The minimum Gasteiger partial charge on any atom is -0.454 e. The third-order valence-corrected chi connectivity index (χ3v) is 3.18. The number of para-hydroxylation sites is 2. The van der Waals surface area contributed by atoms with Crippen LogP contribution >= 0.6 is 0 Å². The fraction of sp³-hybridized carbons (Fsp3) is 0.294. The zero-order valence-corrected chi connectivity index (χ0v) is 11.9. The van der Waals surface area contributed by atoms with E-state index in [1.54, 1.807) is 6.07 Å². The van der Waals surface area contributed by atoms with Crippen LogP contribution in [0.25, 0.3) is 0 Å². The van der Waals surface area contributed by atoms with Crippen molar-refractivity contribution in [2.75, 3.05) is 6.54 Å². The van der Waals surface area contributed by atoms with Gasteiger partial charge in [-0.15, -0.1) is 0 Å². The molecule has 0 atom stereocenters. The van der Waals surface area contributed by atoms with Gasteiger partial charge in [0, 0.05) is 12.1 Å². The average molecular weight is 273 g/mol. The van der Waals surface area contributed by atoms with Crippen molar-refractivity contribution in [3.05, 3.63) is 59.4 Å². The van der Waals surface area contributed by atoms with E-state index >= 15 is 0 Å². The third kappa shape index (κ3) is 3.36. The molecule has 0 aliphatic rings. The first-order chi connectivity index (χ1) is 9.76. The number of aryl methyl sites for hydroxylation is 1. The molecule has 0 aromatic heterocycles. The van der Waals surface area contributed by atoms with Crippen molar-refractivity contribution < 1.29 is 9.13 Å². The number of hydrogen-bond acceptors (Lipinski definition) is 2. The molecule has 0 heterocycles. The van der Waals surface area contributed by atoms with Crippen LogP contribution in [0, 0.1) is 5.82 Å². The lowest BCUT2D eigenvalue weighted by Crippen LogP contribution is -2.13. The highest BCUT2D eigenvalue weighted by Crippen LogP contribution is 2.30. The fourth-order valence-electron chi connectivity index (χ4n) is 2.07. The molecule has 2 aromatic carbocycles. The van der Waals surface area contributed by atoms with Gasteiger partial charge in [0.25, 0.3) is 0 Å². The van der Waals surface area contributed by atoms with E-state index in [1.807, 2.05) is 37.3 Å². The van der Waals surface area contributed by atoms with Crippen LogP contribution in [0.3, 0.4) is 0 Å². The van der Waals surface area contributed by atoms with E-state index in [4.69, 9.17) is 4.74 Å². The van der Waals surface area contributed by atoms with Crippen molar-refractivity contribution in [1.82, 2.24) is 5.32 Å². The average Bonchev–Trinajstić information content (AvgIpc) is 2.48. The van der Waals surface area contributed by atoms with Crippen LogP contribution in [-0.4, -0.2) is 6.54 Å². The summed E-state index contributed by atoms with van der Waals surface area (Å²) in [6, 6.07) is 12.8. The van der Waals surface area contributed by atoms with Gasteiger partial charge in [0.2, 0.25) is 0 Å². The lowest BCUT2D eigenvalue weighted by molar-refractivity contribution is 0.430. The van der Waals surface area contributed by atoms with Crippen LogP contribution in [0.5, 0.6) is 11.5 Å². The Bertz CT molecular complexity index is 569. The molecule has 2 nitrogen and oxygen atoms in total. The van der Waals surface area contributed by atoms with Gasteiger partial charge in [0.05, 0.1) is 0 Å². The Morgan fingerprint density at radius 3 is 2.50 bits per heavy atom. The maximum absolute atomic E-state index is 14.0. The van der Waals surface area contributed by atoms with Gasteiger partial charge in [-0.05, 0) is 30.7 Å². The SMILES string of the molecule is CCNCc1cccc(F)c1Oc1ccccc1CC. The molecule has 0 saturated heterocycles. The quantitative estimate of drug-likeness (QED) is 0.847. The summed E-state index contributed by atoms with van der Waals surface area (Å²) in [5, 5.41) is 3.20. The van der Waals surface area contributed by atoms with Gasteiger partial charge >= 0.3 is 0 Å². The highest BCUT2D eigenvalue weighted by Gasteiger charge is 2.12. The Balaban J connectivity index is 2.32. The predicted octanol–water partition coefficient (Wildman–Crippen LogP) is 4.29. The normalized spacial score (nSPS) is 10.6. The summed E-state index contributed by atoms with van der Waals surface area (Å²) < 4.78 is 19.9. The molecule has 0 saturated carbocycles. The predicted molar refractivity (Wildman–Crippen MR) is 79.7 cm³/mol. The van der Waals surface area contributed by atoms with Crippen LogP contribution < -0.4 is 10.1 Å². The molecule has 0 aliphatic heterocycles. The second-order valence-electron chi connectivity index (χ2n) is 4.57. The van der Waals surface area contributed by atoms with Gasteiger partial charge < -0.3 is 10.1 Å². The van der Waals surface area contributed by atoms with Gasteiger partial charge in [-0.1, -0.05) is 44.2 Å². The van der Waals surface area contributed by atoms with Crippen molar-refractivity contribution in [2.45, 2.75) is 26.8 Å². The smallest absolute Gasteiger partial charge is 0.167 e. The topological polar surface area (TPSA) is 21.3 Å². The van der Waals surface area contributed by atoms with Crippen LogP contribution in [0.2, 0.25) is 0 Å². The summed E-state index contributed by atoms with van der Waals surface area (Å²) in [4.78, 5) is 0. The van der Waals surface area contributed by atoms with E-state index in [-0.39, 0.29) is 5.82 Å². The van der Waals surface area contributed by atoms with E-state index in [0.717, 1.165) is 29.8 Å². The first-order valence-electron chi connectivity index (χ1n) is 7.00. The zero-order chi connectivity index (χ0) is 14.4. The highest BCUT2D eigenvalue weighted by molar-refractivity contribution is 5.42. The first kappa shape index (κ1) is 14.5. The minimum atomic E-state index is -0.327. The molecule has 2 aromatic rings. The standard InChI is InChI=1S/C17H20FNO/c1-3-13-8-5-6-11-16(13)20-17-14(12-19-4-2)9-7-10-15(17)18/h5-11,19H,3-4,12H2,1-2H3. The zero-order valence-electron chi connectivity index (χ0n) is 11.9. The number of rotatable bonds is 6. The van der Waals surface area contributed by atoms with E-state index in [9.17, 15) is 4.39 Å². The number of halogens is 1. The van der Waals surface area contributed by atoms with Crippen LogP contribution in [-0.2, 0) is 13.0 Å². The van der Waals surface area contributed by atoms with Crippen molar-refractivity contribution in [3.63, 3.8) is 0 Å². The molecule has 106 valence electrons. The van der Waals surface area contributed by atoms with Gasteiger partial charge in [0.1, 0.15) is 5.75 Å². The van der Waals surface area contributed by atoms with E-state index < -0.39 is 0 Å². The number of hydrogen-bond donors (Lipinski definition) is 1. The Kier molecular flexibility index (Phi) is 5.13. The number of ether oxygens (including phenoxy) is 1. The number of benzene rings is 2. The molecule has 0 fully saturated rings. The molecule has 1 N–H and O–H groups in total. The lowest BCUT2D eigenvalue weighted by atomic mass is 10.1. The van der Waals surface area contributed by atoms with Crippen molar-refractivity contribution in [2.24, 2.45) is 0 Å². The molecule has 0 bridgehead atoms. The monoisotopic (exact) mass is 273 g/mol. The molecular formula is C17H20FNO. The molecule has 3 heteroatoms. The fourth-order valence-corrected chi connectivity index (χ4v) is 2.07. The maximum Gasteiger partial charge on any atom is 0.167 e. The van der Waals surface area contributed by atoms with Crippen LogP contribution in [0.1, 0.15) is 25.0 Å². The summed E-state index contributed by atoms with van der Waals surface area (Å²) >= 11 is 0. The molecular weight excluding hydrogens is 253 g/mol. The molecule has 0 amide bonds. The van der Waals surface area contributed by atoms with Crippen molar-refractivity contribution in [3.8, 4) is 11.5 Å². The van der Waals surface area contributed by atoms with Crippen molar-refractivity contribution in [1.29, 1.82) is 0 Å². The van der Waals surface area contributed by atoms with Gasteiger partial charge in [-0.25, -0.2) is 4.39 Å². The van der Waals surface area contributed by atoms with Crippen molar-refractivity contribution >= 4 is 0 Å². The molecule has 20 heavy (non-hydrogen) atoms. The Hall–Kier alpha value is -1.87. The molecule has 0 aliphatic carbocycles. The summed E-state index contributed by atoms with van der Waals surface area (Å²) in [6.45, 7) is 5.51. The van der Waals surface area contributed by atoms with Gasteiger partial charge in [0.15, 0.2) is 11.6 Å². The van der Waals surface area contributed by atoms with Crippen LogP contribution in [0.4, 0.5) is 4.39 Å². The largest absolute Gasteiger partial charge is 0.454 e. The van der Waals surface area contributed by atoms with Crippen LogP contribution in [0.15, 0.2) is 42.5 Å². The summed E-state index contributed by atoms with van der Waals surface area (Å²) in [7, 11) is 0. The van der Waals surface area contributed by atoms with Gasteiger partial charge in [-0.2, -0.15) is 0 Å². The summed E-state index contributed by atoms with van der Waals surface area (Å²) in [5.74, 6) is 0.707. The van der Waals surface area contributed by atoms with E-state index in [2.05, 4.69) is 12.2 Å². The second-order valence-corrected chi connectivity index (χ2v) is 4.57. The molecule has 0 unspecified atom stereocenters. The second kappa shape index (κ2) is 7.06. The Labute approximate surface area is 119 Å². The Morgan fingerprint density at radius 2 is 1.75 bits per heavy atom. The van der Waals surface area contributed by atoms with Gasteiger partial charge in [-0.3, -0.25) is 0 Å². The lowest BCUT2D eigenvalue weighted by Gasteiger charge is -2.14. The summed E-state index contributed by atoms with van der Waals surface area (Å²) in [6.07, 6.45) is 0.854. The molecule has 2 rings (SSSR count). The Morgan fingerprint density at radius 1 is 1.00 bits per heavy atom. The highest BCUT2D eigenvalue weighted by atomic mass is 19.1. The third-order valence-electron chi connectivity index (χ3n) is 3.18. The first-order valence-corrected chi connectivity index (χ1v) is 7.00. The number of nitrogens with one attached hydrogen (secondary N) is 1. The van der Waals surface area contributed by atoms with E-state index in [1.165, 1.54) is 6.07 Å². The minimum absolute atomic E-state index is 0.314. The molecule has 0 radical (unpaired) electrons. The maximum atomic E-state index is 14.0. The molecule has 0 spiro atoms.